The molecule has 2 saturated heterocycles. The number of fused-ring (bicyclic) bond motifs is 2. The summed E-state index contributed by atoms with van der Waals surface area (Å²) in [6.45, 7) is 4.41. The molecule has 2 aromatic carbocycles. The van der Waals surface area contributed by atoms with Gasteiger partial charge in [0.2, 0.25) is 15.9 Å². The fourth-order valence-corrected chi connectivity index (χ4v) is 6.36. The van der Waals surface area contributed by atoms with E-state index in [0.29, 0.717) is 31.5 Å². The van der Waals surface area contributed by atoms with Crippen LogP contribution in [0, 0.1) is 5.92 Å². The monoisotopic (exact) mass is 520 g/mol. The molecule has 3 heterocycles. The number of hydrogen-bond donors (Lipinski definition) is 2. The zero-order valence-electron chi connectivity index (χ0n) is 20.2. The van der Waals surface area contributed by atoms with Gasteiger partial charge in [-0.3, -0.25) is 14.6 Å². The lowest BCUT2D eigenvalue weighted by Crippen LogP contribution is -2.37. The first-order valence-corrected chi connectivity index (χ1v) is 13.6. The quantitative estimate of drug-likeness (QED) is 0.440. The summed E-state index contributed by atoms with van der Waals surface area (Å²) in [5.41, 5.74) is 2.37. The van der Waals surface area contributed by atoms with Gasteiger partial charge in [0, 0.05) is 42.7 Å². The van der Waals surface area contributed by atoms with Crippen molar-refractivity contribution in [2.24, 2.45) is 5.92 Å². The number of benzene rings is 2. The zero-order valence-corrected chi connectivity index (χ0v) is 21.0. The number of pyridine rings is 1. The van der Waals surface area contributed by atoms with E-state index >= 15 is 0 Å². The van der Waals surface area contributed by atoms with Crippen molar-refractivity contribution in [3.63, 3.8) is 0 Å². The van der Waals surface area contributed by atoms with Crippen LogP contribution in [0.1, 0.15) is 22.3 Å². The Bertz CT molecular complexity index is 1430. The molecule has 192 valence electrons. The topological polar surface area (TPSA) is 118 Å². The van der Waals surface area contributed by atoms with Crippen LogP contribution in [0.5, 0.6) is 0 Å². The van der Waals surface area contributed by atoms with E-state index in [4.69, 9.17) is 4.74 Å². The third-order valence-corrected chi connectivity index (χ3v) is 8.66. The summed E-state index contributed by atoms with van der Waals surface area (Å²) >= 11 is 0. The lowest BCUT2D eigenvalue weighted by Gasteiger charge is -2.19. The molecule has 2 aliphatic heterocycles. The summed E-state index contributed by atoms with van der Waals surface area (Å²) in [5.74, 6) is -0.572. The van der Waals surface area contributed by atoms with Crippen LogP contribution in [-0.2, 0) is 26.0 Å². The number of carbonyl (C=O) groups excluding carboxylic acids is 2. The number of sulfonamides is 1. The lowest BCUT2D eigenvalue weighted by atomic mass is 10.1. The predicted octanol–water partition coefficient (Wildman–Crippen LogP) is 2.24. The smallest absolute Gasteiger partial charge is 0.251 e. The molecular formula is C27H28N4O5S. The highest BCUT2D eigenvalue weighted by Gasteiger charge is 2.46. The van der Waals surface area contributed by atoms with Gasteiger partial charge in [-0.05, 0) is 60.9 Å². The Morgan fingerprint density at radius 3 is 2.70 bits per heavy atom. The molecule has 2 aliphatic rings. The number of carbonyl (C=O) groups is 2. The van der Waals surface area contributed by atoms with Crippen molar-refractivity contribution in [1.82, 2.24) is 19.9 Å². The number of rotatable bonds is 8. The van der Waals surface area contributed by atoms with Crippen LogP contribution in [-0.4, -0.2) is 61.5 Å². The maximum Gasteiger partial charge on any atom is 0.251 e. The first-order valence-electron chi connectivity index (χ1n) is 12.1. The van der Waals surface area contributed by atoms with Gasteiger partial charge in [0.05, 0.1) is 16.5 Å². The molecule has 1 aromatic heterocycles. The highest BCUT2D eigenvalue weighted by atomic mass is 32.2. The molecule has 3 aromatic rings. The van der Waals surface area contributed by atoms with Crippen molar-refractivity contribution < 1.29 is 22.7 Å². The molecule has 0 aliphatic carbocycles. The molecule has 37 heavy (non-hydrogen) atoms. The summed E-state index contributed by atoms with van der Waals surface area (Å²) in [6, 6.07) is 15.9. The molecule has 2 N–H and O–H groups in total. The van der Waals surface area contributed by atoms with Crippen LogP contribution in [0.25, 0.3) is 10.9 Å². The molecule has 0 radical (unpaired) electrons. The Kier molecular flexibility index (Phi) is 7.05. The first kappa shape index (κ1) is 25.1. The number of nitrogens with one attached hydrogen (secondary N) is 2. The molecule has 5 rings (SSSR count). The number of nitrogens with zero attached hydrogens (tertiary/aromatic N) is 2. The minimum atomic E-state index is -3.73. The summed E-state index contributed by atoms with van der Waals surface area (Å²) in [4.78, 5) is 28.6. The van der Waals surface area contributed by atoms with Gasteiger partial charge in [-0.1, -0.05) is 24.8 Å². The Morgan fingerprint density at radius 1 is 1.14 bits per heavy atom. The van der Waals surface area contributed by atoms with Crippen LogP contribution in [0.15, 0.2) is 78.3 Å². The fourth-order valence-electron chi connectivity index (χ4n) is 4.85. The number of amides is 2. The Labute approximate surface area is 215 Å². The van der Waals surface area contributed by atoms with E-state index in [0.717, 1.165) is 16.5 Å². The third-order valence-electron chi connectivity index (χ3n) is 6.82. The van der Waals surface area contributed by atoms with E-state index in [2.05, 4.69) is 22.2 Å². The molecule has 10 heteroatoms. The maximum atomic E-state index is 13.2. The van der Waals surface area contributed by atoms with Gasteiger partial charge in [0.25, 0.3) is 5.91 Å². The zero-order chi connectivity index (χ0) is 26.0. The summed E-state index contributed by atoms with van der Waals surface area (Å²) in [7, 11) is -3.73. The summed E-state index contributed by atoms with van der Waals surface area (Å²) in [5, 5.41) is 6.65. The van der Waals surface area contributed by atoms with Crippen LogP contribution in [0.4, 0.5) is 0 Å². The standard InChI is InChI=1S/C27H28N4O5S/c1-2-25(32)30-26-15-21-16-31(17-24(21)36-26)37(34,35)22-9-7-20(8-10-22)27(33)29-13-11-18-5-6-19-4-3-12-28-23(19)14-18/h2-10,12,14,21,24,26H,1,11,13,15-17H2,(H,29,33)(H,30,32). The number of aromatic nitrogens is 1. The van der Waals surface area contributed by atoms with Crippen LogP contribution in [0.2, 0.25) is 0 Å². The molecule has 0 bridgehead atoms. The Hall–Kier alpha value is -3.60. The van der Waals surface area contributed by atoms with Crippen molar-refractivity contribution in [2.75, 3.05) is 19.6 Å². The average Bonchev–Trinajstić information content (AvgIpc) is 3.48. The number of hydrogen-bond acceptors (Lipinski definition) is 6. The highest BCUT2D eigenvalue weighted by Crippen LogP contribution is 2.35. The van der Waals surface area contributed by atoms with Gasteiger partial charge in [0.1, 0.15) is 6.23 Å². The minimum absolute atomic E-state index is 0.00771. The van der Waals surface area contributed by atoms with Gasteiger partial charge >= 0.3 is 0 Å². The summed E-state index contributed by atoms with van der Waals surface area (Å²) in [6.07, 6.45) is 3.44. The second kappa shape index (κ2) is 10.4. The predicted molar refractivity (Wildman–Crippen MR) is 138 cm³/mol. The van der Waals surface area contributed by atoms with Crippen molar-refractivity contribution in [2.45, 2.75) is 30.1 Å². The fraction of sp³-hybridized carbons (Fsp3) is 0.296. The van der Waals surface area contributed by atoms with Crippen LogP contribution >= 0.6 is 0 Å². The van der Waals surface area contributed by atoms with Crippen LogP contribution in [0.3, 0.4) is 0 Å². The van der Waals surface area contributed by atoms with E-state index in [1.54, 1.807) is 6.20 Å². The van der Waals surface area contributed by atoms with E-state index < -0.39 is 16.3 Å². The lowest BCUT2D eigenvalue weighted by molar-refractivity contribution is -0.120. The molecule has 3 unspecified atom stereocenters. The van der Waals surface area contributed by atoms with Crippen molar-refractivity contribution in [3.8, 4) is 0 Å². The minimum Gasteiger partial charge on any atom is -0.354 e. The van der Waals surface area contributed by atoms with Gasteiger partial charge in [-0.2, -0.15) is 4.31 Å². The first-order chi connectivity index (χ1) is 17.8. The molecule has 3 atom stereocenters. The average molecular weight is 521 g/mol. The van der Waals surface area contributed by atoms with Gasteiger partial charge in [-0.15, -0.1) is 0 Å². The second-order valence-electron chi connectivity index (χ2n) is 9.25. The summed E-state index contributed by atoms with van der Waals surface area (Å²) < 4.78 is 33.5. The molecule has 0 spiro atoms. The highest BCUT2D eigenvalue weighted by molar-refractivity contribution is 7.89. The van der Waals surface area contributed by atoms with Crippen molar-refractivity contribution >= 4 is 32.7 Å². The van der Waals surface area contributed by atoms with Gasteiger partial charge in [-0.25, -0.2) is 8.42 Å². The van der Waals surface area contributed by atoms with Gasteiger partial charge in [0.15, 0.2) is 0 Å². The largest absolute Gasteiger partial charge is 0.354 e. The molecular weight excluding hydrogens is 492 g/mol. The van der Waals surface area contributed by atoms with Crippen molar-refractivity contribution in [3.05, 3.63) is 84.6 Å². The van der Waals surface area contributed by atoms with E-state index in [9.17, 15) is 18.0 Å². The van der Waals surface area contributed by atoms with E-state index in [1.165, 1.54) is 34.6 Å². The molecule has 2 amide bonds. The SMILES string of the molecule is C=CC(=O)NC1CC2CN(S(=O)(=O)c3ccc(C(=O)NCCc4ccc5cccnc5c4)cc3)CC2O1. The Morgan fingerprint density at radius 2 is 1.95 bits per heavy atom. The van der Waals surface area contributed by atoms with Gasteiger partial charge < -0.3 is 15.4 Å². The molecule has 2 fully saturated rings. The molecule has 0 saturated carbocycles. The third kappa shape index (κ3) is 5.41. The maximum absolute atomic E-state index is 13.2. The van der Waals surface area contributed by atoms with Crippen molar-refractivity contribution in [1.29, 1.82) is 0 Å². The van der Waals surface area contributed by atoms with E-state index in [-0.39, 0.29) is 35.3 Å². The molecule has 9 nitrogen and oxygen atoms in total. The normalized spacial score (nSPS) is 21.5. The Balaban J connectivity index is 1.14. The number of ether oxygens (including phenoxy) is 1. The second-order valence-corrected chi connectivity index (χ2v) is 11.2. The van der Waals surface area contributed by atoms with E-state index in [1.807, 2.05) is 30.3 Å². The van der Waals surface area contributed by atoms with Crippen LogP contribution < -0.4 is 10.6 Å².